The molecule has 1 aliphatic carbocycles. The smallest absolute Gasteiger partial charge is 0.0571 e. The van der Waals surface area contributed by atoms with Gasteiger partial charge in [0.1, 0.15) is 0 Å². The highest BCUT2D eigenvalue weighted by Crippen LogP contribution is 2.47. The summed E-state index contributed by atoms with van der Waals surface area (Å²) < 4.78 is 4.80. The first kappa shape index (κ1) is 29.1. The molecule has 7 aromatic carbocycles. The van der Waals surface area contributed by atoms with Crippen LogP contribution in [0.25, 0.3) is 77.2 Å². The Balaban J connectivity index is 0.970. The van der Waals surface area contributed by atoms with Gasteiger partial charge in [-0.2, -0.15) is 0 Å². The van der Waals surface area contributed by atoms with Gasteiger partial charge in [-0.1, -0.05) is 115 Å². The molecule has 1 aliphatic rings. The van der Waals surface area contributed by atoms with E-state index in [2.05, 4.69) is 184 Å². The number of rotatable bonds is 5. The quantitative estimate of drug-likeness (QED) is 0.180. The molecule has 10 aromatic rings. The zero-order chi connectivity index (χ0) is 34.2. The van der Waals surface area contributed by atoms with E-state index in [9.17, 15) is 0 Å². The number of pyridine rings is 1. The van der Waals surface area contributed by atoms with Crippen LogP contribution in [0.3, 0.4) is 0 Å². The molecule has 0 saturated carbocycles. The normalized spacial score (nSPS) is 13.7. The minimum Gasteiger partial charge on any atom is -0.309 e. The first-order valence-corrected chi connectivity index (χ1v) is 18.0. The van der Waals surface area contributed by atoms with Crippen LogP contribution in [0.5, 0.6) is 0 Å². The number of benzene rings is 7. The molecule has 0 fully saturated rings. The molecule has 52 heavy (non-hydrogen) atoms. The summed E-state index contributed by atoms with van der Waals surface area (Å²) in [4.78, 5) is 4.51. The topological polar surface area (TPSA) is 22.8 Å². The lowest BCUT2D eigenvalue weighted by molar-refractivity contribution is 0.826. The molecule has 0 spiro atoms. The predicted molar refractivity (Wildman–Crippen MR) is 216 cm³/mol. The van der Waals surface area contributed by atoms with Crippen molar-refractivity contribution < 1.29 is 0 Å². The first-order chi connectivity index (χ1) is 25.8. The fourth-order valence-electron chi connectivity index (χ4n) is 8.83. The number of para-hydroxylation sites is 2. The lowest BCUT2D eigenvalue weighted by atomic mass is 9.90. The van der Waals surface area contributed by atoms with E-state index in [1.165, 1.54) is 88.2 Å². The molecule has 1 unspecified atom stereocenters. The van der Waals surface area contributed by atoms with Crippen LogP contribution in [0.15, 0.2) is 182 Å². The number of fused-ring (bicyclic) bond motifs is 9. The van der Waals surface area contributed by atoms with Gasteiger partial charge in [0.2, 0.25) is 0 Å². The Labute approximate surface area is 301 Å². The summed E-state index contributed by atoms with van der Waals surface area (Å²) in [7, 11) is 0. The van der Waals surface area contributed by atoms with Gasteiger partial charge in [0.15, 0.2) is 0 Å². The van der Waals surface area contributed by atoms with E-state index in [1.807, 2.05) is 12.4 Å². The van der Waals surface area contributed by atoms with Gasteiger partial charge in [0, 0.05) is 51.2 Å². The van der Waals surface area contributed by atoms with E-state index in [0.717, 1.165) is 12.1 Å². The second-order valence-electron chi connectivity index (χ2n) is 14.0. The molecular weight excluding hydrogens is 631 g/mol. The summed E-state index contributed by atoms with van der Waals surface area (Å²) in [6, 6.07) is 62.3. The molecule has 1 atom stereocenters. The van der Waals surface area contributed by atoms with Crippen LogP contribution in [0, 0.1) is 0 Å². The Morgan fingerprint density at radius 3 is 1.87 bits per heavy atom. The highest BCUT2D eigenvalue weighted by Gasteiger charge is 2.29. The summed E-state index contributed by atoms with van der Waals surface area (Å²) in [5.41, 5.74) is 16.4. The van der Waals surface area contributed by atoms with Gasteiger partial charge in [-0.05, 0) is 100.0 Å². The molecule has 0 amide bonds. The molecule has 0 N–H and O–H groups in total. The van der Waals surface area contributed by atoms with E-state index in [1.54, 1.807) is 0 Å². The third-order valence-electron chi connectivity index (χ3n) is 11.2. The van der Waals surface area contributed by atoms with Crippen LogP contribution in [0.4, 0.5) is 0 Å². The number of hydrogen-bond acceptors (Lipinski definition) is 1. The van der Waals surface area contributed by atoms with Gasteiger partial charge in [-0.3, -0.25) is 4.98 Å². The molecule has 0 radical (unpaired) electrons. The number of nitrogens with zero attached hydrogens (tertiary/aromatic N) is 3. The van der Waals surface area contributed by atoms with E-state index >= 15 is 0 Å². The molecule has 0 bridgehead atoms. The highest BCUT2D eigenvalue weighted by atomic mass is 15.0. The monoisotopic (exact) mass is 663 g/mol. The van der Waals surface area contributed by atoms with Crippen molar-refractivity contribution in [3.63, 3.8) is 0 Å². The SMILES string of the molecule is c1ccc(-c2ccc3c(c2)c2cnccc2n3-c2ccc(CC3c4ccccc4-c4cc(-n5c6ccccc6c6ccccc65)ccc43)cc2)cc1. The van der Waals surface area contributed by atoms with E-state index in [0.29, 0.717) is 5.92 Å². The second-order valence-corrected chi connectivity index (χ2v) is 14.0. The van der Waals surface area contributed by atoms with Crippen molar-refractivity contribution in [2.24, 2.45) is 0 Å². The number of aromatic nitrogens is 3. The maximum atomic E-state index is 4.51. The Morgan fingerprint density at radius 1 is 0.423 bits per heavy atom. The van der Waals surface area contributed by atoms with E-state index < -0.39 is 0 Å². The average Bonchev–Trinajstić information content (AvgIpc) is 3.84. The summed E-state index contributed by atoms with van der Waals surface area (Å²) in [6.45, 7) is 0. The standard InChI is InChI=1S/C49H33N3/c1-2-10-33(11-3-1)34-20-25-48-44(29-34)45-31-50-27-26-49(45)51(48)35-21-18-32(19-22-35)28-42-37-12-4-5-13-38(37)43-30-36(23-24-39(42)43)52-46-16-8-6-14-40(46)41-15-7-9-17-47(41)52/h1-27,29-31,42H,28H2. The van der Waals surface area contributed by atoms with Crippen molar-refractivity contribution in [1.29, 1.82) is 0 Å². The maximum Gasteiger partial charge on any atom is 0.0571 e. The fourth-order valence-corrected chi connectivity index (χ4v) is 8.83. The van der Waals surface area contributed by atoms with Crippen LogP contribution in [-0.4, -0.2) is 14.1 Å². The minimum absolute atomic E-state index is 0.292. The third-order valence-corrected chi connectivity index (χ3v) is 11.2. The average molecular weight is 664 g/mol. The van der Waals surface area contributed by atoms with Gasteiger partial charge >= 0.3 is 0 Å². The van der Waals surface area contributed by atoms with Crippen molar-refractivity contribution in [3.05, 3.63) is 199 Å². The largest absolute Gasteiger partial charge is 0.309 e. The van der Waals surface area contributed by atoms with Crippen molar-refractivity contribution in [2.75, 3.05) is 0 Å². The lowest BCUT2D eigenvalue weighted by Gasteiger charge is -2.16. The molecule has 0 saturated heterocycles. The van der Waals surface area contributed by atoms with Gasteiger partial charge in [-0.15, -0.1) is 0 Å². The Hall–Kier alpha value is -6.71. The maximum absolute atomic E-state index is 4.51. The third kappa shape index (κ3) is 4.36. The van der Waals surface area contributed by atoms with Gasteiger partial charge in [0.05, 0.1) is 22.1 Å². The molecule has 11 rings (SSSR count). The van der Waals surface area contributed by atoms with E-state index in [-0.39, 0.29) is 0 Å². The molecule has 3 heteroatoms. The van der Waals surface area contributed by atoms with Crippen LogP contribution in [0.1, 0.15) is 22.6 Å². The number of hydrogen-bond donors (Lipinski definition) is 0. The lowest BCUT2D eigenvalue weighted by Crippen LogP contribution is -2.02. The Morgan fingerprint density at radius 2 is 1.06 bits per heavy atom. The van der Waals surface area contributed by atoms with E-state index in [4.69, 9.17) is 0 Å². The zero-order valence-corrected chi connectivity index (χ0v) is 28.4. The summed E-state index contributed by atoms with van der Waals surface area (Å²) >= 11 is 0. The summed E-state index contributed by atoms with van der Waals surface area (Å²) in [6.07, 6.45) is 4.83. The van der Waals surface area contributed by atoms with Crippen molar-refractivity contribution >= 4 is 43.6 Å². The molecule has 3 nitrogen and oxygen atoms in total. The molecule has 0 aliphatic heterocycles. The first-order valence-electron chi connectivity index (χ1n) is 18.0. The summed E-state index contributed by atoms with van der Waals surface area (Å²) in [5.74, 6) is 0.292. The fraction of sp³-hybridized carbons (Fsp3) is 0.0408. The Kier molecular flexibility index (Phi) is 6.38. The predicted octanol–water partition coefficient (Wildman–Crippen LogP) is 12.3. The molecule has 244 valence electrons. The molecule has 3 heterocycles. The minimum atomic E-state index is 0.292. The van der Waals surface area contributed by atoms with Crippen LogP contribution < -0.4 is 0 Å². The van der Waals surface area contributed by atoms with Crippen molar-refractivity contribution in [1.82, 2.24) is 14.1 Å². The second kappa shape index (κ2) is 11.4. The highest BCUT2D eigenvalue weighted by molar-refractivity contribution is 6.10. The Bertz CT molecular complexity index is 2930. The van der Waals surface area contributed by atoms with Crippen LogP contribution >= 0.6 is 0 Å². The van der Waals surface area contributed by atoms with Gasteiger partial charge in [-0.25, -0.2) is 0 Å². The zero-order valence-electron chi connectivity index (χ0n) is 28.4. The van der Waals surface area contributed by atoms with Gasteiger partial charge in [0.25, 0.3) is 0 Å². The van der Waals surface area contributed by atoms with Crippen molar-refractivity contribution in [2.45, 2.75) is 12.3 Å². The summed E-state index contributed by atoms with van der Waals surface area (Å²) in [5, 5.41) is 4.96. The van der Waals surface area contributed by atoms with Gasteiger partial charge < -0.3 is 9.13 Å². The molecular formula is C49H33N3. The van der Waals surface area contributed by atoms with Crippen LogP contribution in [0.2, 0.25) is 0 Å². The molecule has 3 aromatic heterocycles. The van der Waals surface area contributed by atoms with Crippen LogP contribution in [-0.2, 0) is 6.42 Å². The van der Waals surface area contributed by atoms with Crippen molar-refractivity contribution in [3.8, 4) is 33.6 Å².